The zero-order valence-electron chi connectivity index (χ0n) is 21.3. The molecule has 0 saturated heterocycles. The van der Waals surface area contributed by atoms with Crippen LogP contribution in [0, 0.1) is 0 Å². The molecule has 3 aromatic rings. The lowest BCUT2D eigenvalue weighted by Gasteiger charge is -2.34. The molecule has 35 heavy (non-hydrogen) atoms. The molecule has 1 N–H and O–H groups in total. The molecule has 3 aromatic carbocycles. The van der Waals surface area contributed by atoms with Gasteiger partial charge >= 0.3 is 0 Å². The van der Waals surface area contributed by atoms with Crippen molar-refractivity contribution in [2.45, 2.75) is 80.3 Å². The number of nitrogens with zero attached hydrogens (tertiary/aromatic N) is 1. The molecule has 0 radical (unpaired) electrons. The second kappa shape index (κ2) is 13.6. The predicted octanol–water partition coefficient (Wildman–Crippen LogP) is 7.94. The fraction of sp³-hybridized carbons (Fsp3) is 0.419. The number of benzene rings is 3. The maximum atomic E-state index is 5.29. The topological polar surface area (TPSA) is 24.5 Å². The first-order valence-corrected chi connectivity index (χ1v) is 14.0. The van der Waals surface area contributed by atoms with Gasteiger partial charge < -0.3 is 15.0 Å². The van der Waals surface area contributed by atoms with Crippen molar-refractivity contribution in [1.29, 1.82) is 0 Å². The van der Waals surface area contributed by atoms with Crippen LogP contribution in [-0.2, 0) is 6.54 Å². The number of hydrogen-bond acceptors (Lipinski definition) is 4. The molecule has 0 bridgehead atoms. The van der Waals surface area contributed by atoms with Gasteiger partial charge in [-0.2, -0.15) is 0 Å². The van der Waals surface area contributed by atoms with E-state index in [0.717, 1.165) is 31.3 Å². The molecule has 1 fully saturated rings. The van der Waals surface area contributed by atoms with Gasteiger partial charge in [-0.15, -0.1) is 0 Å². The van der Waals surface area contributed by atoms with Crippen molar-refractivity contribution in [2.75, 3.05) is 18.6 Å². The lowest BCUT2D eigenvalue weighted by molar-refractivity contribution is 0.363. The van der Waals surface area contributed by atoms with Crippen LogP contribution in [0.5, 0.6) is 5.75 Å². The Morgan fingerprint density at radius 3 is 2.17 bits per heavy atom. The van der Waals surface area contributed by atoms with Crippen LogP contribution in [0.4, 0.5) is 5.69 Å². The second-order valence-electron chi connectivity index (χ2n) is 9.52. The average Bonchev–Trinajstić information content (AvgIpc) is 2.92. The smallest absolute Gasteiger partial charge is 0.118 e. The van der Waals surface area contributed by atoms with Crippen LogP contribution in [0.3, 0.4) is 0 Å². The third-order valence-corrected chi connectivity index (χ3v) is 8.10. The second-order valence-corrected chi connectivity index (χ2v) is 10.7. The van der Waals surface area contributed by atoms with Crippen molar-refractivity contribution in [3.05, 3.63) is 84.4 Å². The Kier molecular flexibility index (Phi) is 9.97. The average molecular weight is 489 g/mol. The Labute approximate surface area is 216 Å². The first-order chi connectivity index (χ1) is 17.2. The molecular formula is C31H40N2OS. The summed E-state index contributed by atoms with van der Waals surface area (Å²) >= 11 is 1.79. The Morgan fingerprint density at radius 1 is 0.886 bits per heavy atom. The Balaban J connectivity index is 1.45. The van der Waals surface area contributed by atoms with E-state index in [9.17, 15) is 0 Å². The summed E-state index contributed by atoms with van der Waals surface area (Å²) in [6, 6.07) is 29.5. The van der Waals surface area contributed by atoms with Gasteiger partial charge in [-0.05, 0) is 86.3 Å². The van der Waals surface area contributed by atoms with E-state index in [-0.39, 0.29) is 0 Å². The van der Waals surface area contributed by atoms with E-state index < -0.39 is 0 Å². The van der Waals surface area contributed by atoms with Gasteiger partial charge in [-0.25, -0.2) is 0 Å². The summed E-state index contributed by atoms with van der Waals surface area (Å²) in [5.74, 6) is 0.893. The SMILES string of the molecule is CCC(CCNC1CCCCC1)N(Cc1ccccc1)c1ccc(Sc2ccc(OC)cc2)cc1. The van der Waals surface area contributed by atoms with Gasteiger partial charge in [-0.3, -0.25) is 0 Å². The Morgan fingerprint density at radius 2 is 1.54 bits per heavy atom. The van der Waals surface area contributed by atoms with E-state index in [1.165, 1.54) is 59.6 Å². The van der Waals surface area contributed by atoms with Crippen molar-refractivity contribution < 1.29 is 4.74 Å². The zero-order chi connectivity index (χ0) is 24.3. The molecule has 1 unspecified atom stereocenters. The van der Waals surface area contributed by atoms with Gasteiger partial charge in [0.05, 0.1) is 7.11 Å². The number of ether oxygens (including phenoxy) is 1. The van der Waals surface area contributed by atoms with Crippen LogP contribution in [0.1, 0.15) is 57.4 Å². The molecule has 1 aliphatic rings. The first kappa shape index (κ1) is 25.7. The highest BCUT2D eigenvalue weighted by molar-refractivity contribution is 7.99. The molecule has 0 aromatic heterocycles. The fourth-order valence-electron chi connectivity index (χ4n) is 5.04. The monoisotopic (exact) mass is 488 g/mol. The van der Waals surface area contributed by atoms with E-state index in [1.807, 2.05) is 12.1 Å². The minimum atomic E-state index is 0.506. The molecule has 0 aliphatic heterocycles. The predicted molar refractivity (Wildman–Crippen MR) is 150 cm³/mol. The van der Waals surface area contributed by atoms with Crippen molar-refractivity contribution in [1.82, 2.24) is 5.32 Å². The largest absolute Gasteiger partial charge is 0.497 e. The highest BCUT2D eigenvalue weighted by atomic mass is 32.2. The molecule has 0 spiro atoms. The van der Waals surface area contributed by atoms with Crippen LogP contribution in [0.25, 0.3) is 0 Å². The van der Waals surface area contributed by atoms with Crippen LogP contribution in [0.15, 0.2) is 88.7 Å². The van der Waals surface area contributed by atoms with Gasteiger partial charge in [0.25, 0.3) is 0 Å². The Bertz CT molecular complexity index is 985. The summed E-state index contributed by atoms with van der Waals surface area (Å²) in [5.41, 5.74) is 2.67. The summed E-state index contributed by atoms with van der Waals surface area (Å²) in [4.78, 5) is 5.09. The van der Waals surface area contributed by atoms with Crippen LogP contribution in [-0.4, -0.2) is 25.7 Å². The van der Waals surface area contributed by atoms with Crippen molar-refractivity contribution in [3.63, 3.8) is 0 Å². The Hall–Kier alpha value is -2.43. The first-order valence-electron chi connectivity index (χ1n) is 13.2. The van der Waals surface area contributed by atoms with Gasteiger partial charge in [0, 0.05) is 34.1 Å². The van der Waals surface area contributed by atoms with Gasteiger partial charge in [-0.1, -0.05) is 68.3 Å². The molecule has 1 atom stereocenters. The molecule has 1 aliphatic carbocycles. The summed E-state index contributed by atoms with van der Waals surface area (Å²) in [5, 5.41) is 3.86. The van der Waals surface area contributed by atoms with E-state index in [4.69, 9.17) is 4.74 Å². The molecule has 0 heterocycles. The number of nitrogens with one attached hydrogen (secondary N) is 1. The van der Waals surface area contributed by atoms with Gasteiger partial charge in [0.2, 0.25) is 0 Å². The minimum Gasteiger partial charge on any atom is -0.497 e. The van der Waals surface area contributed by atoms with Crippen LogP contribution >= 0.6 is 11.8 Å². The number of rotatable bonds is 12. The molecule has 186 valence electrons. The summed E-state index contributed by atoms with van der Waals surface area (Å²) < 4.78 is 5.29. The maximum absolute atomic E-state index is 5.29. The zero-order valence-corrected chi connectivity index (χ0v) is 22.1. The highest BCUT2D eigenvalue weighted by Gasteiger charge is 2.19. The highest BCUT2D eigenvalue weighted by Crippen LogP contribution is 2.32. The van der Waals surface area contributed by atoms with Crippen LogP contribution in [0.2, 0.25) is 0 Å². The lowest BCUT2D eigenvalue weighted by Crippen LogP contribution is -2.39. The molecule has 4 heteroatoms. The fourth-order valence-corrected chi connectivity index (χ4v) is 5.85. The number of anilines is 1. The lowest BCUT2D eigenvalue weighted by atomic mass is 9.95. The van der Waals surface area contributed by atoms with E-state index in [0.29, 0.717) is 6.04 Å². The molecule has 4 rings (SSSR count). The minimum absolute atomic E-state index is 0.506. The quantitative estimate of drug-likeness (QED) is 0.280. The van der Waals surface area contributed by atoms with E-state index in [2.05, 4.69) is 83.9 Å². The summed E-state index contributed by atoms with van der Waals surface area (Å²) in [6.45, 7) is 4.37. The van der Waals surface area contributed by atoms with Crippen molar-refractivity contribution >= 4 is 17.4 Å². The molecule has 1 saturated carbocycles. The molecule has 0 amide bonds. The standard InChI is InChI=1S/C31H40N2OS/c1-3-27(22-23-32-26-12-8-5-9-13-26)33(24-25-10-6-4-7-11-25)28-14-18-30(19-15-28)35-31-20-16-29(34-2)17-21-31/h4,6-7,10-11,14-21,26-27,32H,3,5,8-9,12-13,22-24H2,1-2H3. The normalized spacial score (nSPS) is 15.0. The number of hydrogen-bond donors (Lipinski definition) is 1. The summed E-state index contributed by atoms with van der Waals surface area (Å²) in [7, 11) is 1.71. The van der Waals surface area contributed by atoms with Crippen molar-refractivity contribution in [3.8, 4) is 5.75 Å². The van der Waals surface area contributed by atoms with E-state index in [1.54, 1.807) is 18.9 Å². The molecule has 3 nitrogen and oxygen atoms in total. The molecular weight excluding hydrogens is 448 g/mol. The third kappa shape index (κ3) is 7.78. The summed E-state index contributed by atoms with van der Waals surface area (Å²) in [6.07, 6.45) is 9.18. The van der Waals surface area contributed by atoms with E-state index >= 15 is 0 Å². The number of methoxy groups -OCH3 is 1. The van der Waals surface area contributed by atoms with Crippen LogP contribution < -0.4 is 15.0 Å². The van der Waals surface area contributed by atoms with Crippen molar-refractivity contribution in [2.24, 2.45) is 0 Å². The maximum Gasteiger partial charge on any atom is 0.118 e. The van der Waals surface area contributed by atoms with Gasteiger partial charge in [0.1, 0.15) is 5.75 Å². The van der Waals surface area contributed by atoms with Gasteiger partial charge in [0.15, 0.2) is 0 Å². The third-order valence-electron chi connectivity index (χ3n) is 7.09.